The van der Waals surface area contributed by atoms with Gasteiger partial charge in [-0.1, -0.05) is 36.4 Å². The Morgan fingerprint density at radius 3 is 2.57 bits per heavy atom. The van der Waals surface area contributed by atoms with Gasteiger partial charge in [0.1, 0.15) is 17.6 Å². The van der Waals surface area contributed by atoms with E-state index < -0.39 is 0 Å². The Kier molecular flexibility index (Phi) is 4.24. The molecule has 2 aromatic carbocycles. The Hall–Kier alpha value is -3.74. The summed E-state index contributed by atoms with van der Waals surface area (Å²) in [6.45, 7) is 2.02. The second-order valence-corrected chi connectivity index (χ2v) is 7.24. The summed E-state index contributed by atoms with van der Waals surface area (Å²) in [5.74, 6) is 9.53. The lowest BCUT2D eigenvalue weighted by atomic mass is 10.0. The molecular formula is C24H21N4O2+. The lowest BCUT2D eigenvalue weighted by molar-refractivity contribution is -0.750. The third-order valence-electron chi connectivity index (χ3n) is 5.34. The van der Waals surface area contributed by atoms with Crippen molar-refractivity contribution in [3.63, 3.8) is 0 Å². The van der Waals surface area contributed by atoms with Crippen LogP contribution in [0.5, 0.6) is 17.2 Å². The van der Waals surface area contributed by atoms with Crippen LogP contribution < -0.4 is 15.3 Å². The quantitative estimate of drug-likeness (QED) is 0.596. The number of methoxy groups -OCH3 is 1. The highest BCUT2D eigenvalue weighted by atomic mass is 16.5. The number of para-hydroxylation sites is 1. The van der Waals surface area contributed by atoms with E-state index in [1.807, 2.05) is 73.8 Å². The summed E-state index contributed by atoms with van der Waals surface area (Å²) in [5.41, 5.74) is 4.60. The minimum atomic E-state index is -0.0348. The van der Waals surface area contributed by atoms with Crippen LogP contribution in [0, 0.1) is 6.92 Å². The van der Waals surface area contributed by atoms with Crippen molar-refractivity contribution in [2.24, 2.45) is 15.8 Å². The summed E-state index contributed by atoms with van der Waals surface area (Å²) in [6.07, 6.45) is 11.3. The average Bonchev–Trinajstić information content (AvgIpc) is 3.00. The molecule has 2 aromatic rings. The number of quaternary nitrogens is 1. The molecule has 0 saturated carbocycles. The Morgan fingerprint density at radius 2 is 1.87 bits per heavy atom. The summed E-state index contributed by atoms with van der Waals surface area (Å²) in [5, 5.41) is 0. The van der Waals surface area contributed by atoms with Crippen LogP contribution in [0.15, 0.2) is 100 Å². The van der Waals surface area contributed by atoms with E-state index in [0.717, 1.165) is 33.8 Å². The van der Waals surface area contributed by atoms with Crippen molar-refractivity contribution in [2.75, 3.05) is 7.11 Å². The highest BCUT2D eigenvalue weighted by Crippen LogP contribution is 2.40. The molecule has 3 aliphatic rings. The summed E-state index contributed by atoms with van der Waals surface area (Å²) >= 11 is 0. The minimum Gasteiger partial charge on any atom is -0.493 e. The van der Waals surface area contributed by atoms with Gasteiger partial charge in [-0.3, -0.25) is 4.99 Å². The number of rotatable bonds is 5. The van der Waals surface area contributed by atoms with Crippen molar-refractivity contribution < 1.29 is 14.1 Å². The molecule has 2 aliphatic heterocycles. The number of allylic oxidation sites excluding steroid dienone is 4. The zero-order valence-corrected chi connectivity index (χ0v) is 16.7. The second-order valence-electron chi connectivity index (χ2n) is 7.24. The smallest absolute Gasteiger partial charge is 0.265 e. The van der Waals surface area contributed by atoms with Crippen LogP contribution in [0.4, 0.5) is 0 Å². The molecule has 5 rings (SSSR count). The van der Waals surface area contributed by atoms with Crippen molar-refractivity contribution >= 4 is 12.1 Å². The van der Waals surface area contributed by atoms with Crippen molar-refractivity contribution in [1.29, 1.82) is 0 Å². The van der Waals surface area contributed by atoms with Crippen LogP contribution >= 0.6 is 0 Å². The molecular weight excluding hydrogens is 376 g/mol. The van der Waals surface area contributed by atoms with Gasteiger partial charge in [0.15, 0.2) is 11.5 Å². The van der Waals surface area contributed by atoms with Crippen molar-refractivity contribution in [1.82, 2.24) is 0 Å². The molecule has 0 bridgehead atoms. The Labute approximate surface area is 174 Å². The monoisotopic (exact) mass is 397 g/mol. The maximum absolute atomic E-state index is 6.82. The van der Waals surface area contributed by atoms with Crippen LogP contribution in [-0.2, 0) is 0 Å². The van der Waals surface area contributed by atoms with Gasteiger partial charge in [-0.2, -0.15) is 10.8 Å². The molecule has 0 fully saturated rings. The first-order valence-electron chi connectivity index (χ1n) is 9.63. The van der Waals surface area contributed by atoms with Gasteiger partial charge in [0, 0.05) is 5.57 Å². The van der Waals surface area contributed by atoms with Crippen LogP contribution in [0.2, 0.25) is 0 Å². The molecule has 0 amide bonds. The number of nitrogens with two attached hydrogens (primary N) is 1. The minimum absolute atomic E-state index is 0.0348. The molecule has 6 nitrogen and oxygen atoms in total. The van der Waals surface area contributed by atoms with Gasteiger partial charge in [0.2, 0.25) is 5.70 Å². The molecule has 1 unspecified atom stereocenters. The fraction of sp³-hybridized carbons (Fsp3) is 0.0833. The molecule has 2 N–H and O–H groups in total. The summed E-state index contributed by atoms with van der Waals surface area (Å²) in [6, 6.07) is 13.5. The lowest BCUT2D eigenvalue weighted by Gasteiger charge is -2.27. The molecule has 0 aromatic heterocycles. The molecule has 0 saturated heterocycles. The number of benzene rings is 2. The molecule has 0 radical (unpaired) electrons. The fourth-order valence-corrected chi connectivity index (χ4v) is 3.68. The third kappa shape index (κ3) is 2.82. The zero-order valence-electron chi connectivity index (χ0n) is 16.7. The first kappa shape index (κ1) is 18.3. The Balaban J connectivity index is 1.59. The average molecular weight is 397 g/mol. The van der Waals surface area contributed by atoms with Gasteiger partial charge < -0.3 is 9.47 Å². The van der Waals surface area contributed by atoms with E-state index >= 15 is 0 Å². The number of fused-ring (bicyclic) bond motifs is 1. The molecule has 30 heavy (non-hydrogen) atoms. The van der Waals surface area contributed by atoms with Gasteiger partial charge in [-0.25, -0.2) is 0 Å². The van der Waals surface area contributed by atoms with Gasteiger partial charge in [0.05, 0.1) is 25.1 Å². The summed E-state index contributed by atoms with van der Waals surface area (Å²) in [4.78, 5) is 9.20. The molecule has 0 spiro atoms. The van der Waals surface area contributed by atoms with Crippen molar-refractivity contribution in [2.45, 2.75) is 6.92 Å². The molecule has 148 valence electrons. The molecule has 1 atom stereocenters. The number of hydrogen-bond acceptors (Lipinski definition) is 5. The predicted molar refractivity (Wildman–Crippen MR) is 117 cm³/mol. The van der Waals surface area contributed by atoms with Gasteiger partial charge in [-0.15, -0.1) is 4.59 Å². The topological polar surface area (TPSA) is 69.2 Å². The molecule has 2 heterocycles. The van der Waals surface area contributed by atoms with Crippen LogP contribution in [-0.4, -0.2) is 23.8 Å². The van der Waals surface area contributed by atoms with E-state index in [1.54, 1.807) is 19.5 Å². The van der Waals surface area contributed by atoms with E-state index in [2.05, 4.69) is 4.99 Å². The predicted octanol–water partition coefficient (Wildman–Crippen LogP) is 4.51. The highest BCUT2D eigenvalue weighted by molar-refractivity contribution is 6.02. The maximum atomic E-state index is 6.82. The number of aliphatic imine (C=N–C) groups is 2. The Morgan fingerprint density at radius 1 is 1.07 bits per heavy atom. The first-order chi connectivity index (χ1) is 14.6. The maximum Gasteiger partial charge on any atom is 0.265 e. The molecule has 1 aliphatic carbocycles. The summed E-state index contributed by atoms with van der Waals surface area (Å²) < 4.78 is 11.7. The van der Waals surface area contributed by atoms with E-state index in [-0.39, 0.29) is 4.59 Å². The summed E-state index contributed by atoms with van der Waals surface area (Å²) in [7, 11) is 1.63. The largest absolute Gasteiger partial charge is 0.493 e. The van der Waals surface area contributed by atoms with Crippen LogP contribution in [0.25, 0.3) is 0 Å². The van der Waals surface area contributed by atoms with E-state index in [1.165, 1.54) is 0 Å². The third-order valence-corrected chi connectivity index (χ3v) is 5.34. The van der Waals surface area contributed by atoms with E-state index in [4.69, 9.17) is 20.3 Å². The van der Waals surface area contributed by atoms with Crippen LogP contribution in [0.3, 0.4) is 0 Å². The van der Waals surface area contributed by atoms with Gasteiger partial charge in [-0.05, 0) is 36.8 Å². The number of amidine groups is 1. The van der Waals surface area contributed by atoms with E-state index in [0.29, 0.717) is 17.3 Å². The lowest BCUT2D eigenvalue weighted by Crippen LogP contribution is -2.53. The van der Waals surface area contributed by atoms with Crippen molar-refractivity contribution in [3.05, 3.63) is 101 Å². The first-order valence-corrected chi connectivity index (χ1v) is 9.63. The molecule has 6 heteroatoms. The number of hydrogen-bond donors (Lipinski definition) is 1. The van der Waals surface area contributed by atoms with Gasteiger partial charge in [0.25, 0.3) is 5.84 Å². The zero-order chi connectivity index (χ0) is 20.7. The number of ether oxygens (including phenoxy) is 2. The number of aryl methyl sites for hydroxylation is 1. The normalized spacial score (nSPS) is 21.2. The van der Waals surface area contributed by atoms with Gasteiger partial charge >= 0.3 is 0 Å². The highest BCUT2D eigenvalue weighted by Gasteiger charge is 2.45. The fourth-order valence-electron chi connectivity index (χ4n) is 3.68. The van der Waals surface area contributed by atoms with Crippen LogP contribution in [0.1, 0.15) is 11.1 Å². The standard InChI is InChI=1S/C24H21N4O2/c1-16-13-22(30-18-9-4-3-5-10-18)21(29-2)14-19(16)24-27-23(17-7-6-8-17)20-15-26-11-12-28(20,24)25/h3-15H,25H2,1-2H3/q+1. The second kappa shape index (κ2) is 6.95. The SMILES string of the molecule is COc1cc(C2=NC(C3=CC=C3)=C3C=NC=C[N+]23N)c(C)cc1Oc1ccccc1. The van der Waals surface area contributed by atoms with Crippen molar-refractivity contribution in [3.8, 4) is 17.2 Å². The van der Waals surface area contributed by atoms with E-state index in [9.17, 15) is 0 Å². The number of nitrogens with zero attached hydrogens (tertiary/aromatic N) is 3. The Bertz CT molecular complexity index is 1220.